The third-order valence-corrected chi connectivity index (χ3v) is 5.42. The molecule has 1 saturated heterocycles. The molecule has 1 aliphatic heterocycles. The van der Waals surface area contributed by atoms with E-state index >= 15 is 0 Å². The van der Waals surface area contributed by atoms with Crippen LogP contribution in [0.15, 0.2) is 28.8 Å². The zero-order valence-electron chi connectivity index (χ0n) is 15.6. The zero-order valence-corrected chi connectivity index (χ0v) is 15.6. The molecular weight excluding hydrogens is 358 g/mol. The number of nitrogens with one attached hydrogen (secondary N) is 1. The van der Waals surface area contributed by atoms with Crippen LogP contribution < -0.4 is 10.6 Å². The van der Waals surface area contributed by atoms with Crippen molar-refractivity contribution in [2.75, 3.05) is 18.0 Å². The van der Waals surface area contributed by atoms with Gasteiger partial charge in [-0.3, -0.25) is 10.00 Å². The molecule has 0 saturated carbocycles. The molecule has 2 aliphatic rings. The number of carbonyl (C=O) groups excluding carboxylic acids is 1. The number of rotatable bonds is 3. The van der Waals surface area contributed by atoms with Gasteiger partial charge in [0.25, 0.3) is 0 Å². The molecule has 1 aromatic carbocycles. The quantitative estimate of drug-likeness (QED) is 0.724. The van der Waals surface area contributed by atoms with Gasteiger partial charge >= 0.3 is 6.09 Å². The Morgan fingerprint density at radius 2 is 2.21 bits per heavy atom. The number of nitrogens with zero attached hydrogens (tertiary/aromatic N) is 3. The molecule has 2 aromatic heterocycles. The van der Waals surface area contributed by atoms with Gasteiger partial charge in [0.1, 0.15) is 17.6 Å². The van der Waals surface area contributed by atoms with Crippen LogP contribution in [0.5, 0.6) is 0 Å². The number of anilines is 1. The summed E-state index contributed by atoms with van der Waals surface area (Å²) >= 11 is 0. The normalized spacial score (nSPS) is 18.6. The fourth-order valence-electron chi connectivity index (χ4n) is 4.02. The Kier molecular flexibility index (Phi) is 3.94. The van der Waals surface area contributed by atoms with Crippen molar-refractivity contribution in [1.29, 1.82) is 0 Å². The van der Waals surface area contributed by atoms with Gasteiger partial charge in [0, 0.05) is 29.4 Å². The summed E-state index contributed by atoms with van der Waals surface area (Å²) in [5.41, 5.74) is 12.5. The third kappa shape index (κ3) is 2.68. The highest BCUT2D eigenvalue weighted by Gasteiger charge is 2.32. The van der Waals surface area contributed by atoms with E-state index in [2.05, 4.69) is 21.4 Å². The van der Waals surface area contributed by atoms with Crippen molar-refractivity contribution >= 4 is 11.8 Å². The molecule has 144 valence electrons. The summed E-state index contributed by atoms with van der Waals surface area (Å²) in [5.74, 6) is 0.769. The van der Waals surface area contributed by atoms with Crippen LogP contribution in [0.3, 0.4) is 0 Å². The first kappa shape index (κ1) is 17.0. The Hall–Kier alpha value is -3.13. The van der Waals surface area contributed by atoms with E-state index in [1.165, 1.54) is 5.56 Å². The van der Waals surface area contributed by atoms with Gasteiger partial charge in [-0.2, -0.15) is 5.10 Å². The number of aryl methyl sites for hydroxylation is 2. The molecule has 28 heavy (non-hydrogen) atoms. The van der Waals surface area contributed by atoms with Crippen molar-refractivity contribution in [3.63, 3.8) is 0 Å². The minimum atomic E-state index is -0.340. The number of H-pyrrole nitrogens is 1. The maximum atomic E-state index is 12.2. The lowest BCUT2D eigenvalue weighted by Gasteiger charge is -2.15. The van der Waals surface area contributed by atoms with Gasteiger partial charge in [0.05, 0.1) is 17.9 Å². The number of hydrogen-bond acceptors (Lipinski definition) is 6. The first-order valence-corrected chi connectivity index (χ1v) is 9.46. The number of carbonyl (C=O) groups is 1. The van der Waals surface area contributed by atoms with Crippen molar-refractivity contribution in [1.82, 2.24) is 15.4 Å². The number of ether oxygens (including phenoxy) is 1. The molecule has 1 unspecified atom stereocenters. The highest BCUT2D eigenvalue weighted by atomic mass is 16.6. The molecule has 3 heterocycles. The number of cyclic esters (lactones) is 1. The van der Waals surface area contributed by atoms with Crippen molar-refractivity contribution < 1.29 is 14.1 Å². The fourth-order valence-corrected chi connectivity index (χ4v) is 4.02. The molecule has 1 amide bonds. The van der Waals surface area contributed by atoms with Gasteiger partial charge in [-0.15, -0.1) is 0 Å². The molecule has 1 fully saturated rings. The zero-order chi connectivity index (χ0) is 19.3. The van der Waals surface area contributed by atoms with Crippen LogP contribution in [-0.4, -0.2) is 40.6 Å². The highest BCUT2D eigenvalue weighted by molar-refractivity contribution is 5.90. The Labute approximate surface area is 161 Å². The van der Waals surface area contributed by atoms with Crippen molar-refractivity contribution in [3.8, 4) is 22.6 Å². The molecule has 0 bridgehead atoms. The summed E-state index contributed by atoms with van der Waals surface area (Å²) in [5, 5.41) is 11.8. The summed E-state index contributed by atoms with van der Waals surface area (Å²) in [7, 11) is 0. The van der Waals surface area contributed by atoms with E-state index in [4.69, 9.17) is 15.0 Å². The Balaban J connectivity index is 1.53. The number of nitrogens with two attached hydrogens (primary N) is 1. The predicted molar refractivity (Wildman–Crippen MR) is 103 cm³/mol. The molecule has 8 heteroatoms. The summed E-state index contributed by atoms with van der Waals surface area (Å²) in [6.45, 7) is 2.69. The van der Waals surface area contributed by atoms with Crippen LogP contribution in [-0.2, 0) is 17.6 Å². The Morgan fingerprint density at radius 3 is 2.96 bits per heavy atom. The number of benzene rings is 1. The second kappa shape index (κ2) is 6.49. The van der Waals surface area contributed by atoms with E-state index in [1.807, 2.05) is 25.1 Å². The van der Waals surface area contributed by atoms with E-state index in [0.717, 1.165) is 58.9 Å². The van der Waals surface area contributed by atoms with Crippen LogP contribution in [0.2, 0.25) is 0 Å². The lowest BCUT2D eigenvalue weighted by Crippen LogP contribution is -2.27. The Morgan fingerprint density at radius 1 is 1.32 bits per heavy atom. The SMILES string of the molecule is Cc1cc(-c2[nH]nc3c2CCCc2cc(N4CC(CN)OC4=O)ccc2-3)no1. The lowest BCUT2D eigenvalue weighted by atomic mass is 10.0. The number of fused-ring (bicyclic) bond motifs is 3. The first-order valence-electron chi connectivity index (χ1n) is 9.46. The second-order valence-corrected chi connectivity index (χ2v) is 7.30. The minimum absolute atomic E-state index is 0.252. The second-order valence-electron chi connectivity index (χ2n) is 7.30. The molecule has 0 radical (unpaired) electrons. The maximum Gasteiger partial charge on any atom is 0.414 e. The molecule has 8 nitrogen and oxygen atoms in total. The van der Waals surface area contributed by atoms with E-state index in [0.29, 0.717) is 13.1 Å². The number of aromatic nitrogens is 3. The average Bonchev–Trinajstić information content (AvgIpc) is 3.37. The molecule has 5 rings (SSSR count). The minimum Gasteiger partial charge on any atom is -0.443 e. The molecule has 3 N–H and O–H groups in total. The van der Waals surface area contributed by atoms with Gasteiger partial charge in [0.15, 0.2) is 0 Å². The van der Waals surface area contributed by atoms with Crippen molar-refractivity contribution in [3.05, 3.63) is 41.2 Å². The molecule has 3 aromatic rings. The third-order valence-electron chi connectivity index (χ3n) is 5.42. The monoisotopic (exact) mass is 379 g/mol. The number of amides is 1. The number of hydrogen-bond donors (Lipinski definition) is 2. The van der Waals surface area contributed by atoms with Crippen LogP contribution in [0, 0.1) is 6.92 Å². The largest absolute Gasteiger partial charge is 0.443 e. The fraction of sp³-hybridized carbons (Fsp3) is 0.350. The van der Waals surface area contributed by atoms with Crippen LogP contribution in [0.25, 0.3) is 22.6 Å². The van der Waals surface area contributed by atoms with E-state index in [1.54, 1.807) is 4.90 Å². The maximum absolute atomic E-state index is 12.2. The smallest absolute Gasteiger partial charge is 0.414 e. The number of aromatic amines is 1. The van der Waals surface area contributed by atoms with Gasteiger partial charge in [-0.1, -0.05) is 11.2 Å². The molecule has 1 aliphatic carbocycles. The topological polar surface area (TPSA) is 110 Å². The lowest BCUT2D eigenvalue weighted by molar-refractivity contribution is 0.145. The van der Waals surface area contributed by atoms with Crippen LogP contribution in [0.4, 0.5) is 10.5 Å². The van der Waals surface area contributed by atoms with E-state index < -0.39 is 0 Å². The summed E-state index contributed by atoms with van der Waals surface area (Å²) in [6, 6.07) is 7.97. The van der Waals surface area contributed by atoms with Crippen LogP contribution >= 0.6 is 0 Å². The van der Waals surface area contributed by atoms with Gasteiger partial charge in [0.2, 0.25) is 0 Å². The first-order chi connectivity index (χ1) is 13.6. The highest BCUT2D eigenvalue weighted by Crippen LogP contribution is 2.38. The summed E-state index contributed by atoms with van der Waals surface area (Å²) in [6.07, 6.45) is 2.21. The molecule has 0 spiro atoms. The predicted octanol–water partition coefficient (Wildman–Crippen LogP) is 2.81. The van der Waals surface area contributed by atoms with Crippen LogP contribution in [0.1, 0.15) is 23.3 Å². The average molecular weight is 379 g/mol. The van der Waals surface area contributed by atoms with Crippen molar-refractivity contribution in [2.24, 2.45) is 5.73 Å². The molecule has 1 atom stereocenters. The van der Waals surface area contributed by atoms with Gasteiger partial charge < -0.3 is 15.0 Å². The molecular formula is C20H21N5O3. The van der Waals surface area contributed by atoms with Crippen molar-refractivity contribution in [2.45, 2.75) is 32.3 Å². The standard InChI is InChI=1S/C20H21N5O3/c1-11-7-17(24-28-11)19-16-4-2-3-12-8-13(5-6-15(12)18(16)22-23-19)25-10-14(9-21)27-20(25)26/h5-8,14H,2-4,9-10,21H2,1H3,(H,22,23). The Bertz CT molecular complexity index is 1050. The van der Waals surface area contributed by atoms with E-state index in [9.17, 15) is 4.79 Å². The summed E-state index contributed by atoms with van der Waals surface area (Å²) < 4.78 is 10.5. The van der Waals surface area contributed by atoms with Gasteiger partial charge in [-0.05, 0) is 43.9 Å². The van der Waals surface area contributed by atoms with E-state index in [-0.39, 0.29) is 12.2 Å². The summed E-state index contributed by atoms with van der Waals surface area (Å²) in [4.78, 5) is 13.8. The van der Waals surface area contributed by atoms with Gasteiger partial charge in [-0.25, -0.2) is 4.79 Å².